The van der Waals surface area contributed by atoms with Gasteiger partial charge in [-0.25, -0.2) is 18.4 Å². The summed E-state index contributed by atoms with van der Waals surface area (Å²) < 4.78 is 27.3. The second kappa shape index (κ2) is 5.13. The van der Waals surface area contributed by atoms with Gasteiger partial charge in [-0.2, -0.15) is 0 Å². The molecule has 0 aromatic carbocycles. The highest BCUT2D eigenvalue weighted by Gasteiger charge is 2.39. The summed E-state index contributed by atoms with van der Waals surface area (Å²) in [4.78, 5) is 13.6. The average Bonchev–Trinajstić information content (AvgIpc) is 2.55. The van der Waals surface area contributed by atoms with Crippen molar-refractivity contribution in [2.45, 2.75) is 51.7 Å². The summed E-state index contributed by atoms with van der Waals surface area (Å²) in [6.45, 7) is 7.71. The van der Waals surface area contributed by atoms with E-state index in [4.69, 9.17) is 9.88 Å². The third-order valence-corrected chi connectivity index (χ3v) is 3.43. The lowest BCUT2D eigenvalue weighted by molar-refractivity contribution is 0.0169. The van der Waals surface area contributed by atoms with Crippen molar-refractivity contribution in [1.82, 2.24) is 4.90 Å². The van der Waals surface area contributed by atoms with Gasteiger partial charge in [-0.15, -0.1) is 0 Å². The second-order valence-corrected chi connectivity index (χ2v) is 7.43. The Hall–Kier alpha value is -1.08. The molecule has 0 bridgehead atoms. The zero-order valence-electron chi connectivity index (χ0n) is 11.8. The van der Waals surface area contributed by atoms with Gasteiger partial charge in [-0.3, -0.25) is 4.90 Å². The molecule has 0 radical (unpaired) electrons. The lowest BCUT2D eigenvalue weighted by Gasteiger charge is -2.34. The van der Waals surface area contributed by atoms with Crippen molar-refractivity contribution < 1.29 is 17.9 Å². The van der Waals surface area contributed by atoms with Crippen LogP contribution in [-0.4, -0.2) is 37.1 Å². The van der Waals surface area contributed by atoms with Gasteiger partial charge in [0.15, 0.2) is 0 Å². The average molecular weight is 290 g/mol. The van der Waals surface area contributed by atoms with Crippen LogP contribution in [0.25, 0.3) is 0 Å². The molecule has 0 spiro atoms. The van der Waals surface area contributed by atoms with Gasteiger partial charge in [-0.1, -0.05) is 0 Å². The highest BCUT2D eigenvalue weighted by atomic mass is 32.2. The van der Waals surface area contributed by atoms with Crippen LogP contribution in [0, 0.1) is 0 Å². The number of hydrogen-bond acceptors (Lipinski definition) is 4. The van der Waals surface area contributed by atoms with Crippen LogP contribution in [0.5, 0.6) is 0 Å². The van der Waals surface area contributed by atoms with Crippen molar-refractivity contribution in [3.63, 3.8) is 0 Å². The van der Waals surface area contributed by atoms with Crippen molar-refractivity contribution in [3.05, 3.63) is 11.5 Å². The van der Waals surface area contributed by atoms with E-state index >= 15 is 0 Å². The largest absolute Gasteiger partial charge is 0.444 e. The number of rotatable bonds is 2. The summed E-state index contributed by atoms with van der Waals surface area (Å²) in [5.41, 5.74) is -1.25. The van der Waals surface area contributed by atoms with Gasteiger partial charge in [0.05, 0.1) is 5.54 Å². The van der Waals surface area contributed by atoms with Gasteiger partial charge in [0.25, 0.3) is 0 Å². The minimum absolute atomic E-state index is 0.438. The van der Waals surface area contributed by atoms with Gasteiger partial charge in [0.2, 0.25) is 10.0 Å². The summed E-state index contributed by atoms with van der Waals surface area (Å²) >= 11 is 0. The number of amides is 1. The standard InChI is InChI=1S/C12H22N2O4S/c1-11(2,3)18-10(15)14-8-5-6-12(14,4)7-9-19(13,16)17/h7,9H,5-6,8H2,1-4H3,(H2,13,16,17)/b9-7+. The number of carbonyl (C=O) groups excluding carboxylic acids is 1. The zero-order chi connectivity index (χ0) is 14.9. The summed E-state index contributed by atoms with van der Waals surface area (Å²) in [5.74, 6) is 0. The summed E-state index contributed by atoms with van der Waals surface area (Å²) in [6.07, 6.45) is 2.49. The third-order valence-electron chi connectivity index (χ3n) is 2.91. The Morgan fingerprint density at radius 1 is 1.42 bits per heavy atom. The number of hydrogen-bond donors (Lipinski definition) is 1. The van der Waals surface area contributed by atoms with Gasteiger partial charge in [-0.05, 0) is 46.6 Å². The minimum Gasteiger partial charge on any atom is -0.444 e. The molecule has 1 fully saturated rings. The third kappa shape index (κ3) is 4.83. The van der Waals surface area contributed by atoms with Crippen LogP contribution in [0.2, 0.25) is 0 Å². The number of carbonyl (C=O) groups is 1. The van der Waals surface area contributed by atoms with Crippen LogP contribution < -0.4 is 5.14 Å². The van der Waals surface area contributed by atoms with Crippen molar-refractivity contribution in [3.8, 4) is 0 Å². The number of nitrogens with two attached hydrogens (primary N) is 1. The first-order chi connectivity index (χ1) is 8.43. The van der Waals surface area contributed by atoms with Crippen molar-refractivity contribution >= 4 is 16.1 Å². The number of sulfonamides is 1. The number of nitrogens with zero attached hydrogens (tertiary/aromatic N) is 1. The fourth-order valence-electron chi connectivity index (χ4n) is 2.02. The molecule has 0 saturated carbocycles. The Kier molecular flexibility index (Phi) is 4.31. The van der Waals surface area contributed by atoms with E-state index in [2.05, 4.69) is 0 Å². The van der Waals surface area contributed by atoms with Crippen molar-refractivity contribution in [2.75, 3.05) is 6.54 Å². The fraction of sp³-hybridized carbons (Fsp3) is 0.750. The zero-order valence-corrected chi connectivity index (χ0v) is 12.7. The van der Waals surface area contributed by atoms with E-state index in [0.717, 1.165) is 11.8 Å². The van der Waals surface area contributed by atoms with E-state index in [1.165, 1.54) is 6.08 Å². The molecule has 1 unspecified atom stereocenters. The van der Waals surface area contributed by atoms with Gasteiger partial charge < -0.3 is 4.74 Å². The van der Waals surface area contributed by atoms with Crippen molar-refractivity contribution in [2.24, 2.45) is 5.14 Å². The van der Waals surface area contributed by atoms with Crippen LogP contribution in [0.15, 0.2) is 11.5 Å². The first kappa shape index (κ1) is 16.0. The second-order valence-electron chi connectivity index (χ2n) is 5.98. The van der Waals surface area contributed by atoms with Crippen LogP contribution in [0.1, 0.15) is 40.5 Å². The van der Waals surface area contributed by atoms with Crippen LogP contribution >= 0.6 is 0 Å². The number of ether oxygens (including phenoxy) is 1. The molecular weight excluding hydrogens is 268 g/mol. The molecule has 0 aliphatic carbocycles. The lowest BCUT2D eigenvalue weighted by atomic mass is 10.00. The SMILES string of the molecule is CC(C)(C)OC(=O)N1CCCC1(C)/C=C/S(N)(=O)=O. The molecule has 7 heteroatoms. The molecule has 19 heavy (non-hydrogen) atoms. The molecule has 2 N–H and O–H groups in total. The molecule has 1 atom stereocenters. The van der Waals surface area contributed by atoms with E-state index in [-0.39, 0.29) is 0 Å². The lowest BCUT2D eigenvalue weighted by Crippen LogP contribution is -2.46. The van der Waals surface area contributed by atoms with Crippen LogP contribution in [-0.2, 0) is 14.8 Å². The van der Waals surface area contributed by atoms with Gasteiger partial charge in [0.1, 0.15) is 5.60 Å². The first-order valence-electron chi connectivity index (χ1n) is 6.16. The van der Waals surface area contributed by atoms with Crippen LogP contribution in [0.3, 0.4) is 0 Å². The van der Waals surface area contributed by atoms with Gasteiger partial charge in [0, 0.05) is 12.0 Å². The highest BCUT2D eigenvalue weighted by molar-refractivity contribution is 7.92. The Bertz CT molecular complexity index is 478. The molecule has 1 heterocycles. The molecule has 110 valence electrons. The molecule has 0 aromatic rings. The van der Waals surface area contributed by atoms with Crippen molar-refractivity contribution in [1.29, 1.82) is 0 Å². The number of primary sulfonamides is 1. The predicted molar refractivity (Wildman–Crippen MR) is 72.8 cm³/mol. The summed E-state index contributed by atoms with van der Waals surface area (Å²) in [5, 5.41) is 5.89. The molecule has 1 amide bonds. The van der Waals surface area contributed by atoms with Gasteiger partial charge >= 0.3 is 6.09 Å². The molecule has 1 aliphatic rings. The normalized spacial score (nSPS) is 25.0. The van der Waals surface area contributed by atoms with E-state index in [1.807, 2.05) is 0 Å². The van der Waals surface area contributed by atoms with Crippen LogP contribution in [0.4, 0.5) is 4.79 Å². The molecule has 1 saturated heterocycles. The first-order valence-corrected chi connectivity index (χ1v) is 7.77. The molecule has 6 nitrogen and oxygen atoms in total. The Labute approximate surface area is 114 Å². The maximum absolute atomic E-state index is 12.1. The monoisotopic (exact) mass is 290 g/mol. The Morgan fingerprint density at radius 2 is 2.00 bits per heavy atom. The quantitative estimate of drug-likeness (QED) is 0.836. The van der Waals surface area contributed by atoms with E-state index in [9.17, 15) is 13.2 Å². The smallest absolute Gasteiger partial charge is 0.410 e. The summed E-state index contributed by atoms with van der Waals surface area (Å²) in [6, 6.07) is 0. The summed E-state index contributed by atoms with van der Waals surface area (Å²) in [7, 11) is -3.69. The van der Waals surface area contributed by atoms with E-state index in [0.29, 0.717) is 13.0 Å². The molecular formula is C12H22N2O4S. The molecule has 1 aliphatic heterocycles. The fourth-order valence-corrected chi connectivity index (χ4v) is 2.50. The highest BCUT2D eigenvalue weighted by Crippen LogP contribution is 2.31. The molecule has 1 rings (SSSR count). The Balaban J connectivity index is 2.89. The molecule has 0 aromatic heterocycles. The van der Waals surface area contributed by atoms with E-state index < -0.39 is 27.3 Å². The topological polar surface area (TPSA) is 89.7 Å². The maximum Gasteiger partial charge on any atom is 0.410 e. The van der Waals surface area contributed by atoms with E-state index in [1.54, 1.807) is 32.6 Å². The number of likely N-dealkylation sites (tertiary alicyclic amines) is 1. The maximum atomic E-state index is 12.1. The Morgan fingerprint density at radius 3 is 2.47 bits per heavy atom. The minimum atomic E-state index is -3.69. The predicted octanol–water partition coefficient (Wildman–Crippen LogP) is 1.58.